The summed E-state index contributed by atoms with van der Waals surface area (Å²) >= 11 is 0. The number of carbonyl (C=O) groups is 1. The summed E-state index contributed by atoms with van der Waals surface area (Å²) < 4.78 is 58.5. The van der Waals surface area contributed by atoms with E-state index in [0.717, 1.165) is 31.7 Å². The lowest BCUT2D eigenvalue weighted by Crippen LogP contribution is -2.30. The monoisotopic (exact) mass is 440 g/mol. The Hall–Kier alpha value is -2.22. The van der Waals surface area contributed by atoms with E-state index in [1.54, 1.807) is 0 Å². The van der Waals surface area contributed by atoms with Gasteiger partial charge in [-0.15, -0.1) is 0 Å². The van der Waals surface area contributed by atoms with E-state index in [1.807, 2.05) is 20.8 Å². The molecule has 1 aromatic heterocycles. The molecule has 1 aromatic carbocycles. The molecular formula is C23H28F4N2O2. The number of rotatable bonds is 8. The van der Waals surface area contributed by atoms with Crippen molar-refractivity contribution in [3.63, 3.8) is 0 Å². The fourth-order valence-electron chi connectivity index (χ4n) is 4.23. The van der Waals surface area contributed by atoms with Gasteiger partial charge < -0.3 is 4.52 Å². The maximum atomic E-state index is 14.2. The molecule has 0 saturated heterocycles. The summed E-state index contributed by atoms with van der Waals surface area (Å²) in [6, 6.07) is 2.84. The predicted molar refractivity (Wildman–Crippen MR) is 109 cm³/mol. The maximum Gasteiger partial charge on any atom is 0.419 e. The Morgan fingerprint density at radius 1 is 1.26 bits per heavy atom. The summed E-state index contributed by atoms with van der Waals surface area (Å²) in [6.45, 7) is 7.02. The van der Waals surface area contributed by atoms with Crippen LogP contribution in [0.5, 0.6) is 0 Å². The van der Waals surface area contributed by atoms with Crippen LogP contribution in [-0.2, 0) is 12.7 Å². The number of alkyl halides is 3. The third kappa shape index (κ3) is 5.34. The SMILES string of the molecule is CCN(Cc1c(-c2ccc(C(F)(F)F)c(F)c2)noc1C(=O)CC1CCCC1)C(C)C. The average molecular weight is 440 g/mol. The molecule has 1 heterocycles. The van der Waals surface area contributed by atoms with Crippen LogP contribution in [0.1, 0.15) is 74.6 Å². The van der Waals surface area contributed by atoms with Gasteiger partial charge in [-0.1, -0.05) is 43.8 Å². The van der Waals surface area contributed by atoms with Crippen LogP contribution in [0.4, 0.5) is 17.6 Å². The number of halogens is 4. The number of aromatic nitrogens is 1. The minimum atomic E-state index is -4.78. The first kappa shape index (κ1) is 23.4. The molecule has 31 heavy (non-hydrogen) atoms. The molecule has 4 nitrogen and oxygen atoms in total. The Morgan fingerprint density at radius 3 is 2.48 bits per heavy atom. The molecule has 1 fully saturated rings. The van der Waals surface area contributed by atoms with E-state index in [0.29, 0.717) is 37.1 Å². The van der Waals surface area contributed by atoms with Gasteiger partial charge in [-0.25, -0.2) is 4.39 Å². The average Bonchev–Trinajstić information content (AvgIpc) is 3.34. The van der Waals surface area contributed by atoms with E-state index in [4.69, 9.17) is 4.52 Å². The summed E-state index contributed by atoms with van der Waals surface area (Å²) in [5.74, 6) is -1.10. The third-order valence-electron chi connectivity index (χ3n) is 6.04. The largest absolute Gasteiger partial charge is 0.419 e. The molecule has 0 unspecified atom stereocenters. The Morgan fingerprint density at radius 2 is 1.94 bits per heavy atom. The highest BCUT2D eigenvalue weighted by molar-refractivity contribution is 5.96. The van der Waals surface area contributed by atoms with E-state index in [2.05, 4.69) is 10.1 Å². The topological polar surface area (TPSA) is 46.3 Å². The summed E-state index contributed by atoms with van der Waals surface area (Å²) in [5, 5.41) is 3.99. The molecule has 0 atom stereocenters. The second-order valence-corrected chi connectivity index (χ2v) is 8.47. The van der Waals surface area contributed by atoms with Crippen LogP contribution in [0.25, 0.3) is 11.3 Å². The normalized spacial score (nSPS) is 15.4. The Labute approximate surface area is 179 Å². The van der Waals surface area contributed by atoms with Crippen molar-refractivity contribution in [2.75, 3.05) is 6.54 Å². The van der Waals surface area contributed by atoms with E-state index in [9.17, 15) is 22.4 Å². The summed E-state index contributed by atoms with van der Waals surface area (Å²) in [7, 11) is 0. The van der Waals surface area contributed by atoms with Gasteiger partial charge >= 0.3 is 6.18 Å². The van der Waals surface area contributed by atoms with Crippen molar-refractivity contribution >= 4 is 5.78 Å². The van der Waals surface area contributed by atoms with Crippen LogP contribution >= 0.6 is 0 Å². The lowest BCUT2D eigenvalue weighted by Gasteiger charge is -2.24. The van der Waals surface area contributed by atoms with Gasteiger partial charge in [0.25, 0.3) is 0 Å². The quantitative estimate of drug-likeness (QED) is 0.348. The number of hydrogen-bond donors (Lipinski definition) is 0. The third-order valence-corrected chi connectivity index (χ3v) is 6.04. The smallest absolute Gasteiger partial charge is 0.352 e. The van der Waals surface area contributed by atoms with Crippen LogP contribution in [0.2, 0.25) is 0 Å². The van der Waals surface area contributed by atoms with Gasteiger partial charge in [-0.2, -0.15) is 13.2 Å². The molecule has 0 spiro atoms. The van der Waals surface area contributed by atoms with Gasteiger partial charge in [-0.3, -0.25) is 9.69 Å². The van der Waals surface area contributed by atoms with Crippen molar-refractivity contribution in [2.45, 2.75) is 71.6 Å². The van der Waals surface area contributed by atoms with Gasteiger partial charge in [0.1, 0.15) is 11.5 Å². The molecule has 1 aliphatic carbocycles. The van der Waals surface area contributed by atoms with Gasteiger partial charge in [0.05, 0.1) is 5.56 Å². The minimum absolute atomic E-state index is 0.126. The Kier molecular flexibility index (Phi) is 7.19. The Balaban J connectivity index is 2.00. The van der Waals surface area contributed by atoms with Gasteiger partial charge in [0, 0.05) is 30.1 Å². The van der Waals surface area contributed by atoms with Crippen molar-refractivity contribution in [1.29, 1.82) is 0 Å². The van der Waals surface area contributed by atoms with Crippen molar-refractivity contribution in [1.82, 2.24) is 10.1 Å². The summed E-state index contributed by atoms with van der Waals surface area (Å²) in [4.78, 5) is 15.1. The van der Waals surface area contributed by atoms with Crippen LogP contribution in [-0.4, -0.2) is 28.4 Å². The zero-order valence-electron chi connectivity index (χ0n) is 18.1. The van der Waals surface area contributed by atoms with E-state index >= 15 is 0 Å². The van der Waals surface area contributed by atoms with Crippen molar-refractivity contribution < 1.29 is 26.9 Å². The van der Waals surface area contributed by atoms with Gasteiger partial charge in [-0.05, 0) is 38.4 Å². The zero-order valence-corrected chi connectivity index (χ0v) is 18.1. The van der Waals surface area contributed by atoms with Gasteiger partial charge in [0.15, 0.2) is 0 Å². The molecule has 1 aliphatic rings. The molecule has 0 aliphatic heterocycles. The number of nitrogens with zero attached hydrogens (tertiary/aromatic N) is 2. The first-order chi connectivity index (χ1) is 14.6. The highest BCUT2D eigenvalue weighted by Gasteiger charge is 2.35. The van der Waals surface area contributed by atoms with Crippen molar-refractivity contribution in [3.05, 3.63) is 40.9 Å². The fourth-order valence-corrected chi connectivity index (χ4v) is 4.23. The predicted octanol–water partition coefficient (Wildman–Crippen LogP) is 6.49. The number of benzene rings is 1. The molecule has 8 heteroatoms. The lowest BCUT2D eigenvalue weighted by molar-refractivity contribution is -0.139. The Bertz CT molecular complexity index is 915. The standard InChI is InChI=1S/C23H28F4N2O2/c1-4-29(14(2)3)13-17-21(16-9-10-18(19(24)12-16)23(25,26)27)28-31-22(17)20(30)11-15-7-5-6-8-15/h9-10,12,14-15H,4-8,11,13H2,1-3H3. The highest BCUT2D eigenvalue weighted by atomic mass is 19.4. The number of Topliss-reactive ketones (excluding diaryl/α,β-unsaturated/α-hetero) is 1. The lowest BCUT2D eigenvalue weighted by atomic mass is 9.96. The zero-order chi connectivity index (χ0) is 22.8. The van der Waals surface area contributed by atoms with Crippen molar-refractivity contribution in [2.24, 2.45) is 5.92 Å². The van der Waals surface area contributed by atoms with Crippen molar-refractivity contribution in [3.8, 4) is 11.3 Å². The van der Waals surface area contributed by atoms with Crippen LogP contribution in [0, 0.1) is 11.7 Å². The summed E-state index contributed by atoms with van der Waals surface area (Å²) in [6.07, 6.45) is -0.216. The van der Waals surface area contributed by atoms with Gasteiger partial charge in [0.2, 0.25) is 11.5 Å². The number of hydrogen-bond acceptors (Lipinski definition) is 4. The fraction of sp³-hybridized carbons (Fsp3) is 0.565. The minimum Gasteiger partial charge on any atom is -0.352 e. The second-order valence-electron chi connectivity index (χ2n) is 8.47. The molecule has 0 amide bonds. The molecule has 170 valence electrons. The molecule has 1 saturated carbocycles. The number of ketones is 1. The maximum absolute atomic E-state index is 14.2. The van der Waals surface area contributed by atoms with E-state index < -0.39 is 17.6 Å². The van der Waals surface area contributed by atoms with Crippen LogP contribution < -0.4 is 0 Å². The number of carbonyl (C=O) groups excluding carboxylic acids is 1. The van der Waals surface area contributed by atoms with Crippen LogP contribution in [0.15, 0.2) is 22.7 Å². The first-order valence-electron chi connectivity index (χ1n) is 10.7. The second kappa shape index (κ2) is 9.51. The molecule has 2 aromatic rings. The highest BCUT2D eigenvalue weighted by Crippen LogP contribution is 2.36. The molecule has 0 N–H and O–H groups in total. The molecular weight excluding hydrogens is 412 g/mol. The van der Waals surface area contributed by atoms with E-state index in [1.165, 1.54) is 6.07 Å². The first-order valence-corrected chi connectivity index (χ1v) is 10.7. The van der Waals surface area contributed by atoms with E-state index in [-0.39, 0.29) is 28.8 Å². The molecule has 0 bridgehead atoms. The molecule has 0 radical (unpaired) electrons. The summed E-state index contributed by atoms with van der Waals surface area (Å²) in [5.41, 5.74) is -0.473. The molecule has 3 rings (SSSR count). The van der Waals surface area contributed by atoms with Crippen LogP contribution in [0.3, 0.4) is 0 Å².